The Hall–Kier alpha value is -2.70. The largest absolute Gasteiger partial charge is 0.322 e. The Labute approximate surface area is 152 Å². The Morgan fingerprint density at radius 2 is 2.12 bits per heavy atom. The van der Waals surface area contributed by atoms with Gasteiger partial charge in [-0.15, -0.1) is 5.10 Å². The second kappa shape index (κ2) is 6.55. The minimum absolute atomic E-state index is 0.0879. The van der Waals surface area contributed by atoms with Gasteiger partial charge < -0.3 is 4.90 Å². The summed E-state index contributed by atoms with van der Waals surface area (Å²) in [6.45, 7) is 4.55. The summed E-state index contributed by atoms with van der Waals surface area (Å²) >= 11 is 0. The maximum Gasteiger partial charge on any atom is 0.255 e. The summed E-state index contributed by atoms with van der Waals surface area (Å²) in [6.07, 6.45) is 2.81. The molecule has 1 atom stereocenters. The van der Waals surface area contributed by atoms with E-state index in [-0.39, 0.29) is 23.7 Å². The molecule has 2 amide bonds. The molecule has 7 nitrogen and oxygen atoms in total. The summed E-state index contributed by atoms with van der Waals surface area (Å²) in [4.78, 5) is 31.7. The molecule has 0 radical (unpaired) electrons. The van der Waals surface area contributed by atoms with Crippen LogP contribution in [0.3, 0.4) is 0 Å². The summed E-state index contributed by atoms with van der Waals surface area (Å²) in [5, 5.41) is 9.77. The normalized spacial score (nSPS) is 17.5. The summed E-state index contributed by atoms with van der Waals surface area (Å²) < 4.78 is 0. The molecule has 7 heteroatoms. The maximum atomic E-state index is 12.9. The number of H-pyrrole nitrogens is 1. The average molecular weight is 353 g/mol. The van der Waals surface area contributed by atoms with Gasteiger partial charge in [-0.2, -0.15) is 4.98 Å². The summed E-state index contributed by atoms with van der Waals surface area (Å²) in [5.74, 6) is 1.50. The number of aromatic nitrogens is 3. The van der Waals surface area contributed by atoms with Gasteiger partial charge in [0.05, 0.1) is 0 Å². The molecule has 1 aliphatic heterocycles. The lowest BCUT2D eigenvalue weighted by molar-refractivity contribution is -0.121. The zero-order chi connectivity index (χ0) is 18.3. The van der Waals surface area contributed by atoms with Crippen molar-refractivity contribution in [3.8, 4) is 0 Å². The van der Waals surface area contributed by atoms with Gasteiger partial charge >= 0.3 is 0 Å². The molecule has 1 aromatic carbocycles. The number of carbonyl (C=O) groups excluding carboxylic acids is 2. The number of nitrogens with one attached hydrogen (secondary N) is 2. The number of amides is 2. The van der Waals surface area contributed by atoms with Gasteiger partial charge in [-0.05, 0) is 36.8 Å². The molecule has 4 rings (SSSR count). The van der Waals surface area contributed by atoms with Gasteiger partial charge in [0, 0.05) is 18.0 Å². The molecule has 1 unspecified atom stereocenters. The van der Waals surface area contributed by atoms with Crippen LogP contribution in [-0.2, 0) is 11.3 Å². The van der Waals surface area contributed by atoms with Crippen LogP contribution in [-0.4, -0.2) is 37.9 Å². The van der Waals surface area contributed by atoms with Crippen molar-refractivity contribution in [3.63, 3.8) is 0 Å². The minimum atomic E-state index is -0.544. The molecule has 136 valence electrons. The molecule has 2 aromatic rings. The first-order valence-electron chi connectivity index (χ1n) is 9.15. The Kier molecular flexibility index (Phi) is 4.22. The van der Waals surface area contributed by atoms with E-state index in [1.807, 2.05) is 38.1 Å². The predicted octanol–water partition coefficient (Wildman–Crippen LogP) is 2.69. The second-order valence-corrected chi connectivity index (χ2v) is 7.54. The fourth-order valence-electron chi connectivity index (χ4n) is 3.41. The molecule has 2 heterocycles. The number of aromatic amines is 1. The highest BCUT2D eigenvalue weighted by Crippen LogP contribution is 2.38. The van der Waals surface area contributed by atoms with Gasteiger partial charge in [-0.1, -0.05) is 32.0 Å². The van der Waals surface area contributed by atoms with Crippen LogP contribution in [0.1, 0.15) is 60.8 Å². The number of carbonyl (C=O) groups is 2. The third-order valence-corrected chi connectivity index (χ3v) is 4.92. The van der Waals surface area contributed by atoms with E-state index in [9.17, 15) is 9.59 Å². The first-order chi connectivity index (χ1) is 12.5. The van der Waals surface area contributed by atoms with Gasteiger partial charge in [0.2, 0.25) is 11.9 Å². The molecule has 0 saturated heterocycles. The zero-order valence-electron chi connectivity index (χ0n) is 15.0. The number of nitrogens with zero attached hydrogens (tertiary/aromatic N) is 3. The lowest BCUT2D eigenvalue weighted by Crippen LogP contribution is -2.45. The van der Waals surface area contributed by atoms with Crippen LogP contribution in [0.4, 0.5) is 5.95 Å². The number of fused-ring (bicyclic) bond motifs is 1. The van der Waals surface area contributed by atoms with Crippen molar-refractivity contribution in [1.82, 2.24) is 20.1 Å². The van der Waals surface area contributed by atoms with E-state index in [0.29, 0.717) is 24.4 Å². The minimum Gasteiger partial charge on any atom is -0.322 e. The van der Waals surface area contributed by atoms with Crippen molar-refractivity contribution in [2.75, 3.05) is 5.32 Å². The van der Waals surface area contributed by atoms with Crippen LogP contribution >= 0.6 is 0 Å². The summed E-state index contributed by atoms with van der Waals surface area (Å²) in [5.41, 5.74) is 1.65. The quantitative estimate of drug-likeness (QED) is 0.835. The Morgan fingerprint density at radius 1 is 1.35 bits per heavy atom. The Morgan fingerprint density at radius 3 is 2.81 bits per heavy atom. The molecule has 1 aliphatic carbocycles. The van der Waals surface area contributed by atoms with E-state index in [1.165, 1.54) is 0 Å². The Balaban J connectivity index is 1.52. The fourth-order valence-corrected chi connectivity index (χ4v) is 3.41. The van der Waals surface area contributed by atoms with E-state index < -0.39 is 6.04 Å². The highest BCUT2D eigenvalue weighted by Gasteiger charge is 2.37. The van der Waals surface area contributed by atoms with Gasteiger partial charge in [-0.3, -0.25) is 20.0 Å². The third-order valence-electron chi connectivity index (χ3n) is 4.92. The molecule has 1 aromatic heterocycles. The molecule has 2 N–H and O–H groups in total. The zero-order valence-corrected chi connectivity index (χ0v) is 15.0. The molecule has 0 bridgehead atoms. The number of rotatable bonds is 6. The van der Waals surface area contributed by atoms with E-state index in [2.05, 4.69) is 20.5 Å². The lowest BCUT2D eigenvalue weighted by atomic mass is 10.0. The topological polar surface area (TPSA) is 91.0 Å². The smallest absolute Gasteiger partial charge is 0.255 e. The Bertz CT molecular complexity index is 840. The second-order valence-electron chi connectivity index (χ2n) is 7.54. The lowest BCUT2D eigenvalue weighted by Gasteiger charge is -2.27. The van der Waals surface area contributed by atoms with Crippen molar-refractivity contribution in [2.45, 2.75) is 51.6 Å². The van der Waals surface area contributed by atoms with Gasteiger partial charge in [0.25, 0.3) is 5.91 Å². The average Bonchev–Trinajstić information content (AvgIpc) is 3.28. The SMILES string of the molecule is CC(C)CC(C(=O)Nc1n[nH]c(C2CC2)n1)N1Cc2ccccc2C1=O. The molecule has 0 spiro atoms. The third kappa shape index (κ3) is 3.21. The van der Waals surface area contributed by atoms with E-state index >= 15 is 0 Å². The number of benzene rings is 1. The highest BCUT2D eigenvalue weighted by atomic mass is 16.2. The van der Waals surface area contributed by atoms with Crippen LogP contribution in [0.5, 0.6) is 0 Å². The number of anilines is 1. The molecular formula is C19H23N5O2. The molecule has 26 heavy (non-hydrogen) atoms. The molecular weight excluding hydrogens is 330 g/mol. The monoisotopic (exact) mass is 353 g/mol. The summed E-state index contributed by atoms with van der Waals surface area (Å²) in [7, 11) is 0. The maximum absolute atomic E-state index is 12.9. The van der Waals surface area contributed by atoms with E-state index in [4.69, 9.17) is 0 Å². The summed E-state index contributed by atoms with van der Waals surface area (Å²) in [6, 6.07) is 6.98. The van der Waals surface area contributed by atoms with Crippen LogP contribution in [0.15, 0.2) is 24.3 Å². The van der Waals surface area contributed by atoms with Crippen molar-refractivity contribution in [3.05, 3.63) is 41.2 Å². The van der Waals surface area contributed by atoms with Crippen molar-refractivity contribution in [1.29, 1.82) is 0 Å². The first-order valence-corrected chi connectivity index (χ1v) is 9.15. The number of hydrogen-bond acceptors (Lipinski definition) is 4. The van der Waals surface area contributed by atoms with E-state index in [0.717, 1.165) is 24.2 Å². The van der Waals surface area contributed by atoms with Crippen LogP contribution in [0.2, 0.25) is 0 Å². The van der Waals surface area contributed by atoms with Crippen LogP contribution in [0, 0.1) is 5.92 Å². The van der Waals surface area contributed by atoms with Crippen molar-refractivity contribution in [2.24, 2.45) is 5.92 Å². The molecule has 2 aliphatic rings. The van der Waals surface area contributed by atoms with Crippen molar-refractivity contribution >= 4 is 17.8 Å². The number of hydrogen-bond donors (Lipinski definition) is 2. The van der Waals surface area contributed by atoms with Crippen molar-refractivity contribution < 1.29 is 9.59 Å². The standard InChI is InChI=1S/C19H23N5O2/c1-11(2)9-15(24-10-13-5-3-4-6-14(13)18(24)26)17(25)21-19-20-16(22-23-19)12-7-8-12/h3-6,11-12,15H,7-10H2,1-2H3,(H2,20,21,22,23,25). The fraction of sp³-hybridized carbons (Fsp3) is 0.474. The van der Waals surface area contributed by atoms with E-state index in [1.54, 1.807) is 4.90 Å². The van der Waals surface area contributed by atoms with Crippen LogP contribution < -0.4 is 5.32 Å². The van der Waals surface area contributed by atoms with Gasteiger partial charge in [-0.25, -0.2) is 0 Å². The van der Waals surface area contributed by atoms with Gasteiger partial charge in [0.15, 0.2) is 0 Å². The molecule has 1 fully saturated rings. The molecule has 1 saturated carbocycles. The van der Waals surface area contributed by atoms with Gasteiger partial charge in [0.1, 0.15) is 11.9 Å². The first kappa shape index (κ1) is 16.8. The van der Waals surface area contributed by atoms with Crippen LogP contribution in [0.25, 0.3) is 0 Å². The highest BCUT2D eigenvalue weighted by molar-refractivity contribution is 6.03. The predicted molar refractivity (Wildman–Crippen MR) is 96.5 cm³/mol.